The number of hydrogen-bond acceptors (Lipinski definition) is 6. The molecule has 0 saturated heterocycles. The minimum absolute atomic E-state index is 0.0702. The number of anilines is 1. The summed E-state index contributed by atoms with van der Waals surface area (Å²) in [6.07, 6.45) is 2.15. The van der Waals surface area contributed by atoms with Crippen LogP contribution < -0.4 is 16.4 Å². The average molecular weight is 368 g/mol. The Morgan fingerprint density at radius 2 is 2.15 bits per heavy atom. The van der Waals surface area contributed by atoms with E-state index in [0.29, 0.717) is 18.2 Å². The third-order valence-corrected chi connectivity index (χ3v) is 5.56. The van der Waals surface area contributed by atoms with E-state index < -0.39 is 0 Å². The van der Waals surface area contributed by atoms with E-state index >= 15 is 0 Å². The topological polar surface area (TPSA) is 109 Å². The van der Waals surface area contributed by atoms with Crippen LogP contribution in [-0.2, 0) is 19.5 Å². The van der Waals surface area contributed by atoms with Gasteiger partial charge >= 0.3 is 0 Å². The van der Waals surface area contributed by atoms with Gasteiger partial charge in [-0.1, -0.05) is 0 Å². The van der Waals surface area contributed by atoms with Gasteiger partial charge in [0.25, 0.3) is 5.91 Å². The second-order valence-corrected chi connectivity index (χ2v) is 7.32. The number of aromatic amines is 1. The van der Waals surface area contributed by atoms with Crippen molar-refractivity contribution in [1.82, 2.24) is 20.5 Å². The molecule has 0 unspecified atom stereocenters. The van der Waals surface area contributed by atoms with E-state index in [2.05, 4.69) is 25.8 Å². The Bertz CT molecular complexity index is 891. The summed E-state index contributed by atoms with van der Waals surface area (Å²) in [5, 5.41) is 13.3. The van der Waals surface area contributed by atoms with E-state index in [1.54, 1.807) is 11.3 Å². The fourth-order valence-electron chi connectivity index (χ4n) is 2.95. The molecular formula is C18H20N6OS. The van der Waals surface area contributed by atoms with E-state index in [-0.39, 0.29) is 5.91 Å². The lowest BCUT2D eigenvalue weighted by Gasteiger charge is -2.04. The predicted molar refractivity (Wildman–Crippen MR) is 102 cm³/mol. The van der Waals surface area contributed by atoms with Gasteiger partial charge in [0.15, 0.2) is 5.82 Å². The number of aryl methyl sites for hydroxylation is 1. The molecule has 0 fully saturated rings. The number of fused-ring (bicyclic) bond motifs is 1. The Balaban J connectivity index is 1.46. The molecule has 8 heteroatoms. The molecule has 0 saturated carbocycles. The number of nitrogens with one attached hydrogen (secondary N) is 3. The van der Waals surface area contributed by atoms with Crippen LogP contribution in [0.3, 0.4) is 0 Å². The SMILES string of the molecule is NCc1nc(-c2ccc(NC(=O)c3cc4c(s3)CCCNC4)cc2)n[nH]1. The molecule has 0 radical (unpaired) electrons. The van der Waals surface area contributed by atoms with Crippen LogP contribution in [0.4, 0.5) is 5.69 Å². The maximum atomic E-state index is 12.6. The zero-order valence-electron chi connectivity index (χ0n) is 14.2. The predicted octanol–water partition coefficient (Wildman–Crippen LogP) is 2.28. The summed E-state index contributed by atoms with van der Waals surface area (Å²) < 4.78 is 0. The fourth-order valence-corrected chi connectivity index (χ4v) is 4.07. The first kappa shape index (κ1) is 16.9. The van der Waals surface area contributed by atoms with Gasteiger partial charge in [-0.25, -0.2) is 4.98 Å². The van der Waals surface area contributed by atoms with Gasteiger partial charge in [-0.3, -0.25) is 9.89 Å². The lowest BCUT2D eigenvalue weighted by atomic mass is 10.2. The van der Waals surface area contributed by atoms with Gasteiger partial charge in [0, 0.05) is 22.7 Å². The quantitative estimate of drug-likeness (QED) is 0.565. The summed E-state index contributed by atoms with van der Waals surface area (Å²) in [6.45, 7) is 2.20. The van der Waals surface area contributed by atoms with Gasteiger partial charge in [0.2, 0.25) is 0 Å². The molecule has 5 N–H and O–H groups in total. The number of benzene rings is 1. The minimum atomic E-state index is -0.0702. The van der Waals surface area contributed by atoms with Crippen LogP contribution in [0.5, 0.6) is 0 Å². The van der Waals surface area contributed by atoms with E-state index in [9.17, 15) is 4.79 Å². The lowest BCUT2D eigenvalue weighted by molar-refractivity contribution is 0.103. The highest BCUT2D eigenvalue weighted by molar-refractivity contribution is 7.14. The fraction of sp³-hybridized carbons (Fsp3) is 0.278. The van der Waals surface area contributed by atoms with Crippen molar-refractivity contribution in [3.05, 3.63) is 51.5 Å². The summed E-state index contributed by atoms with van der Waals surface area (Å²) in [7, 11) is 0. The van der Waals surface area contributed by atoms with E-state index in [1.165, 1.54) is 10.4 Å². The number of thiophene rings is 1. The monoisotopic (exact) mass is 368 g/mol. The lowest BCUT2D eigenvalue weighted by Crippen LogP contribution is -2.12. The molecular weight excluding hydrogens is 348 g/mol. The molecule has 2 aromatic heterocycles. The molecule has 0 spiro atoms. The highest BCUT2D eigenvalue weighted by Gasteiger charge is 2.16. The van der Waals surface area contributed by atoms with Crippen LogP contribution in [0.15, 0.2) is 30.3 Å². The number of H-pyrrole nitrogens is 1. The van der Waals surface area contributed by atoms with E-state index in [0.717, 1.165) is 42.1 Å². The van der Waals surface area contributed by atoms with Crippen molar-refractivity contribution in [3.8, 4) is 11.4 Å². The molecule has 26 heavy (non-hydrogen) atoms. The summed E-state index contributed by atoms with van der Waals surface area (Å²) in [5.41, 5.74) is 8.39. The summed E-state index contributed by atoms with van der Waals surface area (Å²) >= 11 is 1.59. The molecule has 1 amide bonds. The number of hydrogen-bond donors (Lipinski definition) is 4. The van der Waals surface area contributed by atoms with Crippen molar-refractivity contribution in [2.45, 2.75) is 25.9 Å². The van der Waals surface area contributed by atoms with Crippen molar-refractivity contribution in [1.29, 1.82) is 0 Å². The van der Waals surface area contributed by atoms with Gasteiger partial charge in [0.1, 0.15) is 5.82 Å². The maximum absolute atomic E-state index is 12.6. The van der Waals surface area contributed by atoms with Gasteiger partial charge in [-0.05, 0) is 55.3 Å². The highest BCUT2D eigenvalue weighted by atomic mass is 32.1. The average Bonchev–Trinajstić information content (AvgIpc) is 3.25. The van der Waals surface area contributed by atoms with Crippen molar-refractivity contribution in [3.63, 3.8) is 0 Å². The Kier molecular flexibility index (Phi) is 4.79. The number of nitrogens with two attached hydrogens (primary N) is 1. The molecule has 0 aliphatic carbocycles. The number of carbonyl (C=O) groups excluding carboxylic acids is 1. The minimum Gasteiger partial charge on any atom is -0.324 e. The zero-order valence-corrected chi connectivity index (χ0v) is 15.0. The second-order valence-electron chi connectivity index (χ2n) is 6.18. The van der Waals surface area contributed by atoms with Crippen LogP contribution in [-0.4, -0.2) is 27.6 Å². The molecule has 1 aromatic carbocycles. The number of rotatable bonds is 4. The number of carbonyl (C=O) groups is 1. The van der Waals surface area contributed by atoms with Crippen molar-refractivity contribution >= 4 is 22.9 Å². The Labute approximate surface area is 155 Å². The smallest absolute Gasteiger partial charge is 0.265 e. The third-order valence-electron chi connectivity index (χ3n) is 4.32. The van der Waals surface area contributed by atoms with Gasteiger partial charge in [0.05, 0.1) is 11.4 Å². The number of aromatic nitrogens is 3. The molecule has 0 atom stereocenters. The normalized spacial score (nSPS) is 13.9. The molecule has 3 heterocycles. The first-order chi connectivity index (χ1) is 12.7. The summed E-state index contributed by atoms with van der Waals surface area (Å²) in [6, 6.07) is 9.47. The number of nitrogens with zero attached hydrogens (tertiary/aromatic N) is 2. The molecule has 0 bridgehead atoms. The molecule has 3 aromatic rings. The van der Waals surface area contributed by atoms with Crippen LogP contribution in [0, 0.1) is 0 Å². The first-order valence-corrected chi connectivity index (χ1v) is 9.40. The third kappa shape index (κ3) is 3.52. The largest absolute Gasteiger partial charge is 0.324 e. The van der Waals surface area contributed by atoms with Gasteiger partial charge < -0.3 is 16.4 Å². The van der Waals surface area contributed by atoms with Crippen LogP contribution >= 0.6 is 11.3 Å². The van der Waals surface area contributed by atoms with E-state index in [4.69, 9.17) is 5.73 Å². The zero-order chi connectivity index (χ0) is 17.9. The maximum Gasteiger partial charge on any atom is 0.265 e. The van der Waals surface area contributed by atoms with E-state index in [1.807, 2.05) is 30.3 Å². The van der Waals surface area contributed by atoms with Crippen molar-refractivity contribution in [2.24, 2.45) is 5.73 Å². The van der Waals surface area contributed by atoms with Crippen LogP contribution in [0.25, 0.3) is 11.4 Å². The van der Waals surface area contributed by atoms with Gasteiger partial charge in [-0.2, -0.15) is 5.10 Å². The van der Waals surface area contributed by atoms with Crippen LogP contribution in [0.2, 0.25) is 0 Å². The molecule has 4 rings (SSSR count). The Morgan fingerprint density at radius 3 is 2.92 bits per heavy atom. The first-order valence-electron chi connectivity index (χ1n) is 8.58. The Morgan fingerprint density at radius 1 is 1.31 bits per heavy atom. The van der Waals surface area contributed by atoms with Gasteiger partial charge in [-0.15, -0.1) is 11.3 Å². The molecule has 134 valence electrons. The van der Waals surface area contributed by atoms with Crippen molar-refractivity contribution < 1.29 is 4.79 Å². The molecule has 1 aliphatic rings. The standard InChI is InChI=1S/C18H20N6OS/c19-9-16-22-17(24-23-16)11-3-5-13(6-4-11)21-18(25)15-8-12-10-20-7-1-2-14(12)26-15/h3-6,8,20H,1-2,7,9-10,19H2,(H,21,25)(H,22,23,24). The summed E-state index contributed by atoms with van der Waals surface area (Å²) in [5.74, 6) is 1.17. The molecule has 1 aliphatic heterocycles. The molecule has 7 nitrogen and oxygen atoms in total. The highest BCUT2D eigenvalue weighted by Crippen LogP contribution is 2.26. The van der Waals surface area contributed by atoms with Crippen LogP contribution in [0.1, 0.15) is 32.4 Å². The second kappa shape index (κ2) is 7.36. The Hall–Kier alpha value is -2.55. The summed E-state index contributed by atoms with van der Waals surface area (Å²) in [4.78, 5) is 18.9. The van der Waals surface area contributed by atoms with Crippen molar-refractivity contribution in [2.75, 3.05) is 11.9 Å². The number of amides is 1.